The van der Waals surface area contributed by atoms with Crippen molar-refractivity contribution in [2.24, 2.45) is 0 Å². The van der Waals surface area contributed by atoms with E-state index in [9.17, 15) is 18.3 Å². The van der Waals surface area contributed by atoms with Crippen molar-refractivity contribution < 1.29 is 18.3 Å². The van der Waals surface area contributed by atoms with Gasteiger partial charge in [0.05, 0.1) is 10.5 Å². The third-order valence-electron chi connectivity index (χ3n) is 5.56. The van der Waals surface area contributed by atoms with Crippen molar-refractivity contribution in [3.05, 3.63) is 77.9 Å². The zero-order valence-corrected chi connectivity index (χ0v) is 17.3. The van der Waals surface area contributed by atoms with Crippen molar-refractivity contribution in [1.29, 1.82) is 0 Å². The summed E-state index contributed by atoms with van der Waals surface area (Å²) < 4.78 is 29.0. The number of hydrogen-bond donors (Lipinski definition) is 2. The number of rotatable bonds is 6. The first-order valence-corrected chi connectivity index (χ1v) is 11.5. The van der Waals surface area contributed by atoms with Gasteiger partial charge in [0.1, 0.15) is 0 Å². The van der Waals surface area contributed by atoms with E-state index in [0.29, 0.717) is 10.8 Å². The van der Waals surface area contributed by atoms with E-state index in [1.165, 1.54) is 17.7 Å². The molecule has 156 valence electrons. The monoisotopic (exact) mass is 424 g/mol. The molecule has 1 fully saturated rings. The Morgan fingerprint density at radius 1 is 0.933 bits per heavy atom. The SMILES string of the molecule is O=C(O)c1ccc(S(=O)(=O)NC2CCN(Cc3ccccc3)CC2)c2ccccc12. The van der Waals surface area contributed by atoms with E-state index < -0.39 is 16.0 Å². The molecule has 4 rings (SSSR count). The van der Waals surface area contributed by atoms with Crippen LogP contribution in [0.3, 0.4) is 0 Å². The molecule has 2 N–H and O–H groups in total. The van der Waals surface area contributed by atoms with Crippen molar-refractivity contribution >= 4 is 26.8 Å². The lowest BCUT2D eigenvalue weighted by Crippen LogP contribution is -2.44. The summed E-state index contributed by atoms with van der Waals surface area (Å²) in [4.78, 5) is 13.9. The van der Waals surface area contributed by atoms with Gasteiger partial charge in [-0.25, -0.2) is 17.9 Å². The molecule has 0 unspecified atom stereocenters. The maximum absolute atomic E-state index is 13.1. The summed E-state index contributed by atoms with van der Waals surface area (Å²) in [6.07, 6.45) is 1.47. The van der Waals surface area contributed by atoms with Gasteiger partial charge in [-0.05, 0) is 35.9 Å². The molecule has 0 radical (unpaired) electrons. The quantitative estimate of drug-likeness (QED) is 0.633. The molecular weight excluding hydrogens is 400 g/mol. The topological polar surface area (TPSA) is 86.7 Å². The van der Waals surface area contributed by atoms with Crippen molar-refractivity contribution in [3.63, 3.8) is 0 Å². The van der Waals surface area contributed by atoms with E-state index in [2.05, 4.69) is 21.8 Å². The summed E-state index contributed by atoms with van der Waals surface area (Å²) in [6, 6.07) is 19.6. The zero-order valence-electron chi connectivity index (χ0n) is 16.5. The van der Waals surface area contributed by atoms with Crippen LogP contribution in [0.1, 0.15) is 28.8 Å². The molecule has 0 aliphatic carbocycles. The summed E-state index contributed by atoms with van der Waals surface area (Å²) in [5, 5.41) is 10.2. The van der Waals surface area contributed by atoms with Gasteiger partial charge in [-0.15, -0.1) is 0 Å². The Balaban J connectivity index is 1.48. The number of hydrogen-bond acceptors (Lipinski definition) is 4. The molecule has 7 heteroatoms. The lowest BCUT2D eigenvalue weighted by atomic mass is 10.0. The van der Waals surface area contributed by atoms with E-state index in [4.69, 9.17) is 0 Å². The highest BCUT2D eigenvalue weighted by molar-refractivity contribution is 7.89. The summed E-state index contributed by atoms with van der Waals surface area (Å²) in [5.74, 6) is -1.08. The summed E-state index contributed by atoms with van der Waals surface area (Å²) in [6.45, 7) is 2.50. The van der Waals surface area contributed by atoms with Crippen LogP contribution in [-0.4, -0.2) is 43.5 Å². The van der Waals surface area contributed by atoms with Gasteiger partial charge in [0, 0.05) is 31.1 Å². The van der Waals surface area contributed by atoms with Gasteiger partial charge < -0.3 is 5.11 Å². The van der Waals surface area contributed by atoms with Gasteiger partial charge in [-0.3, -0.25) is 4.90 Å². The molecule has 3 aromatic rings. The van der Waals surface area contributed by atoms with Crippen LogP contribution in [0, 0.1) is 0 Å². The van der Waals surface area contributed by atoms with Gasteiger partial charge in [0.15, 0.2) is 0 Å². The van der Waals surface area contributed by atoms with Gasteiger partial charge in [-0.2, -0.15) is 0 Å². The number of piperidine rings is 1. The molecule has 1 aliphatic rings. The Morgan fingerprint density at radius 2 is 1.57 bits per heavy atom. The number of benzene rings is 3. The van der Waals surface area contributed by atoms with Crippen LogP contribution in [0.5, 0.6) is 0 Å². The minimum atomic E-state index is -3.77. The molecular formula is C23H24N2O4S. The van der Waals surface area contributed by atoms with Crippen molar-refractivity contribution in [2.75, 3.05) is 13.1 Å². The Hall–Kier alpha value is -2.74. The Labute approximate surface area is 176 Å². The number of fused-ring (bicyclic) bond motifs is 1. The van der Waals surface area contributed by atoms with Crippen molar-refractivity contribution in [3.8, 4) is 0 Å². The molecule has 1 heterocycles. The first-order valence-electron chi connectivity index (χ1n) is 9.98. The molecule has 30 heavy (non-hydrogen) atoms. The molecule has 1 saturated heterocycles. The maximum Gasteiger partial charge on any atom is 0.336 e. The standard InChI is InChI=1S/C23H24N2O4S/c26-23(27)21-10-11-22(20-9-5-4-8-19(20)21)30(28,29)24-18-12-14-25(15-13-18)16-17-6-2-1-3-7-17/h1-11,18,24H,12-16H2,(H,26,27). The highest BCUT2D eigenvalue weighted by Gasteiger charge is 2.26. The predicted octanol–water partition coefficient (Wildman–Crippen LogP) is 3.48. The molecule has 0 amide bonds. The highest BCUT2D eigenvalue weighted by atomic mass is 32.2. The summed E-state index contributed by atoms with van der Waals surface area (Å²) in [7, 11) is -3.77. The van der Waals surface area contributed by atoms with Gasteiger partial charge in [-0.1, -0.05) is 54.6 Å². The Bertz CT molecular complexity index is 1150. The van der Waals surface area contributed by atoms with Crippen LogP contribution in [0.2, 0.25) is 0 Å². The van der Waals surface area contributed by atoms with Crippen molar-refractivity contribution in [1.82, 2.24) is 9.62 Å². The molecule has 0 bridgehead atoms. The fourth-order valence-electron chi connectivity index (χ4n) is 4.03. The van der Waals surface area contributed by atoms with Gasteiger partial charge in [0.2, 0.25) is 10.0 Å². The average molecular weight is 425 g/mol. The molecule has 3 aromatic carbocycles. The predicted molar refractivity (Wildman–Crippen MR) is 116 cm³/mol. The number of sulfonamides is 1. The minimum absolute atomic E-state index is 0.0961. The maximum atomic E-state index is 13.1. The van der Waals surface area contributed by atoms with Crippen LogP contribution in [0.4, 0.5) is 0 Å². The lowest BCUT2D eigenvalue weighted by Gasteiger charge is -2.32. The molecule has 0 spiro atoms. The van der Waals surface area contributed by atoms with Crippen LogP contribution >= 0.6 is 0 Å². The number of nitrogens with one attached hydrogen (secondary N) is 1. The molecule has 0 saturated carbocycles. The van der Waals surface area contributed by atoms with Crippen LogP contribution in [-0.2, 0) is 16.6 Å². The third kappa shape index (κ3) is 4.38. The molecule has 1 aliphatic heterocycles. The Morgan fingerprint density at radius 3 is 2.23 bits per heavy atom. The normalized spacial score (nSPS) is 16.0. The lowest BCUT2D eigenvalue weighted by molar-refractivity contribution is 0.0699. The molecule has 6 nitrogen and oxygen atoms in total. The minimum Gasteiger partial charge on any atom is -0.478 e. The van der Waals surface area contributed by atoms with Crippen molar-refractivity contribution in [2.45, 2.75) is 30.3 Å². The number of nitrogens with zero attached hydrogens (tertiary/aromatic N) is 1. The van der Waals surface area contributed by atoms with Gasteiger partial charge in [0.25, 0.3) is 0 Å². The summed E-state index contributed by atoms with van der Waals surface area (Å²) >= 11 is 0. The average Bonchev–Trinajstić information content (AvgIpc) is 2.74. The molecule has 0 atom stereocenters. The van der Waals surface area contributed by atoms with E-state index in [1.807, 2.05) is 18.2 Å². The smallest absolute Gasteiger partial charge is 0.336 e. The number of aromatic carboxylic acids is 1. The van der Waals surface area contributed by atoms with E-state index in [1.54, 1.807) is 24.3 Å². The fourth-order valence-corrected chi connectivity index (χ4v) is 5.54. The molecule has 0 aromatic heterocycles. The second-order valence-corrected chi connectivity index (χ2v) is 9.30. The summed E-state index contributed by atoms with van der Waals surface area (Å²) in [5.41, 5.74) is 1.35. The number of carboxylic acids is 1. The fraction of sp³-hybridized carbons (Fsp3) is 0.261. The van der Waals surface area contributed by atoms with E-state index >= 15 is 0 Å². The highest BCUT2D eigenvalue weighted by Crippen LogP contribution is 2.27. The largest absolute Gasteiger partial charge is 0.478 e. The second kappa shape index (κ2) is 8.55. The first kappa shape index (κ1) is 20.5. The van der Waals surface area contributed by atoms with Crippen LogP contribution < -0.4 is 4.72 Å². The van der Waals surface area contributed by atoms with E-state index in [-0.39, 0.29) is 16.5 Å². The van der Waals surface area contributed by atoms with E-state index in [0.717, 1.165) is 32.5 Å². The van der Waals surface area contributed by atoms with Crippen LogP contribution in [0.15, 0.2) is 71.6 Å². The van der Waals surface area contributed by atoms with Gasteiger partial charge >= 0.3 is 5.97 Å². The zero-order chi connectivity index (χ0) is 21.1. The Kier molecular flexibility index (Phi) is 5.85. The van der Waals surface area contributed by atoms with Crippen LogP contribution in [0.25, 0.3) is 10.8 Å². The second-order valence-electron chi connectivity index (χ2n) is 7.62. The third-order valence-corrected chi connectivity index (χ3v) is 7.14. The number of carbonyl (C=O) groups is 1. The number of carboxylic acid groups (broad SMARTS) is 1. The number of likely N-dealkylation sites (tertiary alicyclic amines) is 1. The first-order chi connectivity index (χ1) is 14.4.